The topological polar surface area (TPSA) is 81.5 Å². The van der Waals surface area contributed by atoms with Crippen LogP contribution in [0, 0.1) is 13.8 Å². The fourth-order valence-corrected chi connectivity index (χ4v) is 3.95. The van der Waals surface area contributed by atoms with Crippen molar-refractivity contribution in [1.29, 1.82) is 0 Å². The number of carbonyl (C=O) groups is 3. The molecule has 1 aliphatic heterocycles. The third-order valence-corrected chi connectivity index (χ3v) is 5.30. The molecule has 0 aromatic carbocycles. The standard InChI is InChI=1S/C19H19N3O4S/c1-11-8-14(12(2)21(11)15-6-5-7-20-10-15)9-16-17(23)22(19(25)27-16)13(3)18(24)26-4/h5-10,13H,1-4H3/b16-9+/t13-/m1/s1. The first-order valence-corrected chi connectivity index (χ1v) is 9.11. The molecule has 0 unspecified atom stereocenters. The second-order valence-corrected chi connectivity index (χ2v) is 7.12. The summed E-state index contributed by atoms with van der Waals surface area (Å²) < 4.78 is 6.67. The van der Waals surface area contributed by atoms with Crippen LogP contribution in [0.25, 0.3) is 11.8 Å². The van der Waals surface area contributed by atoms with Crippen molar-refractivity contribution in [3.8, 4) is 5.69 Å². The molecule has 0 aliphatic carbocycles. The van der Waals surface area contributed by atoms with Gasteiger partial charge in [-0.1, -0.05) is 0 Å². The summed E-state index contributed by atoms with van der Waals surface area (Å²) in [6.07, 6.45) is 5.15. The Morgan fingerprint density at radius 2 is 2.07 bits per heavy atom. The van der Waals surface area contributed by atoms with E-state index in [4.69, 9.17) is 0 Å². The first-order chi connectivity index (χ1) is 12.8. The summed E-state index contributed by atoms with van der Waals surface area (Å²) in [6, 6.07) is 4.78. The van der Waals surface area contributed by atoms with Crippen LogP contribution in [0.1, 0.15) is 23.9 Å². The Balaban J connectivity index is 1.96. The zero-order valence-electron chi connectivity index (χ0n) is 15.4. The maximum absolute atomic E-state index is 12.6. The minimum Gasteiger partial charge on any atom is -0.467 e. The molecular formula is C19H19N3O4S. The molecule has 1 saturated heterocycles. The van der Waals surface area contributed by atoms with E-state index in [9.17, 15) is 14.4 Å². The van der Waals surface area contributed by atoms with Gasteiger partial charge in [0.25, 0.3) is 11.1 Å². The molecule has 1 aliphatic rings. The number of hydrogen-bond acceptors (Lipinski definition) is 6. The third kappa shape index (κ3) is 3.40. The second-order valence-electron chi connectivity index (χ2n) is 6.12. The molecule has 3 rings (SSSR count). The molecule has 0 bridgehead atoms. The first kappa shape index (κ1) is 18.9. The molecule has 0 radical (unpaired) electrons. The van der Waals surface area contributed by atoms with Crippen LogP contribution in [0.2, 0.25) is 0 Å². The van der Waals surface area contributed by atoms with Crippen molar-refractivity contribution in [1.82, 2.24) is 14.5 Å². The summed E-state index contributed by atoms with van der Waals surface area (Å²) in [5.74, 6) is -1.12. The lowest BCUT2D eigenvalue weighted by atomic mass is 10.2. The van der Waals surface area contributed by atoms with Crippen molar-refractivity contribution in [2.75, 3.05) is 7.11 Å². The average Bonchev–Trinajstić information content (AvgIpc) is 3.09. The molecule has 140 valence electrons. The van der Waals surface area contributed by atoms with Crippen LogP contribution >= 0.6 is 11.8 Å². The zero-order valence-corrected chi connectivity index (χ0v) is 16.2. The van der Waals surface area contributed by atoms with Gasteiger partial charge >= 0.3 is 5.97 Å². The number of amides is 2. The molecule has 1 fully saturated rings. The van der Waals surface area contributed by atoms with E-state index in [1.807, 2.05) is 36.6 Å². The van der Waals surface area contributed by atoms with Gasteiger partial charge in [0.05, 0.1) is 23.9 Å². The van der Waals surface area contributed by atoms with E-state index < -0.39 is 23.2 Å². The van der Waals surface area contributed by atoms with Crippen molar-refractivity contribution in [2.45, 2.75) is 26.8 Å². The molecule has 0 N–H and O–H groups in total. The predicted octanol–water partition coefficient (Wildman–Crippen LogP) is 3.09. The van der Waals surface area contributed by atoms with Gasteiger partial charge < -0.3 is 9.30 Å². The highest BCUT2D eigenvalue weighted by Gasteiger charge is 2.41. The number of aryl methyl sites for hydroxylation is 1. The number of carbonyl (C=O) groups excluding carboxylic acids is 3. The highest BCUT2D eigenvalue weighted by atomic mass is 32.2. The number of methoxy groups -OCH3 is 1. The lowest BCUT2D eigenvalue weighted by molar-refractivity contribution is -0.148. The molecule has 27 heavy (non-hydrogen) atoms. The van der Waals surface area contributed by atoms with Gasteiger partial charge in [0.15, 0.2) is 0 Å². The number of hydrogen-bond donors (Lipinski definition) is 0. The van der Waals surface area contributed by atoms with E-state index in [2.05, 4.69) is 9.72 Å². The van der Waals surface area contributed by atoms with E-state index in [0.29, 0.717) is 0 Å². The van der Waals surface area contributed by atoms with Crippen LogP contribution in [0.3, 0.4) is 0 Å². The normalized spacial score (nSPS) is 16.9. The molecule has 2 amide bonds. The molecule has 2 aromatic rings. The maximum atomic E-state index is 12.6. The summed E-state index contributed by atoms with van der Waals surface area (Å²) in [4.78, 5) is 41.9. The predicted molar refractivity (Wildman–Crippen MR) is 102 cm³/mol. The van der Waals surface area contributed by atoms with Gasteiger partial charge in [-0.25, -0.2) is 4.79 Å². The molecule has 8 heteroatoms. The van der Waals surface area contributed by atoms with Crippen LogP contribution in [0.5, 0.6) is 0 Å². The van der Waals surface area contributed by atoms with Crippen LogP contribution in [0.4, 0.5) is 4.79 Å². The maximum Gasteiger partial charge on any atom is 0.328 e. The van der Waals surface area contributed by atoms with Crippen LogP contribution < -0.4 is 0 Å². The number of pyridine rings is 1. The van der Waals surface area contributed by atoms with Gasteiger partial charge in [0.1, 0.15) is 6.04 Å². The summed E-state index contributed by atoms with van der Waals surface area (Å²) in [5.41, 5.74) is 3.65. The van der Waals surface area contributed by atoms with Gasteiger partial charge in [0.2, 0.25) is 0 Å². The van der Waals surface area contributed by atoms with Gasteiger partial charge in [-0.05, 0) is 62.4 Å². The Labute approximate surface area is 161 Å². The molecule has 0 saturated carbocycles. The van der Waals surface area contributed by atoms with Crippen molar-refractivity contribution in [3.63, 3.8) is 0 Å². The third-order valence-electron chi connectivity index (χ3n) is 4.41. The van der Waals surface area contributed by atoms with Gasteiger partial charge in [-0.15, -0.1) is 0 Å². The van der Waals surface area contributed by atoms with Gasteiger partial charge in [-0.3, -0.25) is 19.5 Å². The number of imide groups is 1. The fourth-order valence-electron chi connectivity index (χ4n) is 3.05. The molecule has 1 atom stereocenters. The van der Waals surface area contributed by atoms with E-state index in [1.165, 1.54) is 14.0 Å². The van der Waals surface area contributed by atoms with Crippen LogP contribution in [-0.4, -0.2) is 44.7 Å². The summed E-state index contributed by atoms with van der Waals surface area (Å²) >= 11 is 0.822. The largest absolute Gasteiger partial charge is 0.467 e. The number of rotatable bonds is 4. The van der Waals surface area contributed by atoms with Crippen molar-refractivity contribution < 1.29 is 19.1 Å². The Morgan fingerprint density at radius 3 is 2.70 bits per heavy atom. The molecule has 3 heterocycles. The number of nitrogens with zero attached hydrogens (tertiary/aromatic N) is 3. The van der Waals surface area contributed by atoms with Crippen molar-refractivity contribution in [3.05, 3.63) is 52.4 Å². The number of ether oxygens (including phenoxy) is 1. The van der Waals surface area contributed by atoms with Crippen molar-refractivity contribution in [2.24, 2.45) is 0 Å². The van der Waals surface area contributed by atoms with E-state index in [-0.39, 0.29) is 4.91 Å². The van der Waals surface area contributed by atoms with Crippen LogP contribution in [-0.2, 0) is 14.3 Å². The minimum absolute atomic E-state index is 0.280. The van der Waals surface area contributed by atoms with E-state index in [0.717, 1.165) is 39.3 Å². The summed E-state index contributed by atoms with van der Waals surface area (Å²) in [5, 5.41) is -0.481. The number of aromatic nitrogens is 2. The highest BCUT2D eigenvalue weighted by molar-refractivity contribution is 8.18. The van der Waals surface area contributed by atoms with Gasteiger partial charge in [-0.2, -0.15) is 0 Å². The Kier molecular flexibility index (Phi) is 5.18. The zero-order chi connectivity index (χ0) is 19.7. The van der Waals surface area contributed by atoms with Crippen LogP contribution in [0.15, 0.2) is 35.5 Å². The molecular weight excluding hydrogens is 366 g/mol. The fraction of sp³-hybridized carbons (Fsp3) is 0.263. The first-order valence-electron chi connectivity index (χ1n) is 8.29. The minimum atomic E-state index is -0.962. The Bertz CT molecular complexity index is 949. The summed E-state index contributed by atoms with van der Waals surface area (Å²) in [6.45, 7) is 5.37. The average molecular weight is 385 g/mol. The van der Waals surface area contributed by atoms with Crippen molar-refractivity contribution >= 4 is 35.0 Å². The Hall–Kier alpha value is -2.87. The molecule has 7 nitrogen and oxygen atoms in total. The molecule has 2 aromatic heterocycles. The number of esters is 1. The highest BCUT2D eigenvalue weighted by Crippen LogP contribution is 2.35. The van der Waals surface area contributed by atoms with E-state index in [1.54, 1.807) is 18.5 Å². The lowest BCUT2D eigenvalue weighted by Gasteiger charge is -2.18. The number of thioether (sulfide) groups is 1. The second kappa shape index (κ2) is 7.40. The van der Waals surface area contributed by atoms with Gasteiger partial charge in [0, 0.05) is 17.6 Å². The van der Waals surface area contributed by atoms with E-state index >= 15 is 0 Å². The summed E-state index contributed by atoms with van der Waals surface area (Å²) in [7, 11) is 1.22. The monoisotopic (exact) mass is 385 g/mol. The smallest absolute Gasteiger partial charge is 0.328 e. The SMILES string of the molecule is COC(=O)[C@@H](C)N1C(=O)S/C(=C/c2cc(C)n(-c3cccnc3)c2C)C1=O. The quantitative estimate of drug-likeness (QED) is 0.594. The lowest BCUT2D eigenvalue weighted by Crippen LogP contribution is -2.42. The molecule has 0 spiro atoms. The Morgan fingerprint density at radius 1 is 1.33 bits per heavy atom.